The molecule has 0 radical (unpaired) electrons. The maximum atomic E-state index is 14.9. The summed E-state index contributed by atoms with van der Waals surface area (Å²) >= 11 is 0. The van der Waals surface area contributed by atoms with Crippen molar-refractivity contribution in [1.29, 1.82) is 0 Å². The van der Waals surface area contributed by atoms with Gasteiger partial charge in [0.05, 0.1) is 18.8 Å². The summed E-state index contributed by atoms with van der Waals surface area (Å²) in [6.07, 6.45) is -4.09. The third kappa shape index (κ3) is 3.78. The lowest BCUT2D eigenvalue weighted by atomic mass is 9.88. The van der Waals surface area contributed by atoms with E-state index in [1.807, 2.05) is 0 Å². The lowest BCUT2D eigenvalue weighted by Crippen LogP contribution is -2.57. The summed E-state index contributed by atoms with van der Waals surface area (Å²) in [5, 5.41) is 1.16. The molecule has 2 atom stereocenters. The number of carbonyl (C=O) groups excluding carboxylic acids is 1. The number of sulfonamides is 1. The van der Waals surface area contributed by atoms with Crippen LogP contribution < -0.4 is 11.1 Å². The number of ether oxygens (including phenoxy) is 1. The SMILES string of the molecule is CN1C(N)=NC2(c3cc(NC(=O)c4ccc(C(F)(F)F)cn4)ccc3F)COCC2S1(=O)=O. The van der Waals surface area contributed by atoms with E-state index in [1.54, 1.807) is 0 Å². The highest BCUT2D eigenvalue weighted by molar-refractivity contribution is 7.90. The Bertz CT molecular complexity index is 1250. The van der Waals surface area contributed by atoms with Crippen molar-refractivity contribution in [3.63, 3.8) is 0 Å². The number of aliphatic imine (C=N–C) groups is 1. The quantitative estimate of drug-likeness (QED) is 0.635. The molecule has 3 N–H and O–H groups in total. The molecule has 2 aromatic rings. The highest BCUT2D eigenvalue weighted by Gasteiger charge is 2.58. The number of hydrogen-bond donors (Lipinski definition) is 2. The van der Waals surface area contributed by atoms with E-state index < -0.39 is 44.3 Å². The Morgan fingerprint density at radius 2 is 2.03 bits per heavy atom. The maximum Gasteiger partial charge on any atom is 0.417 e. The summed E-state index contributed by atoms with van der Waals surface area (Å²) in [6.45, 7) is -0.505. The molecule has 176 valence electrons. The maximum absolute atomic E-state index is 14.9. The second-order valence-electron chi connectivity index (χ2n) is 7.49. The second kappa shape index (κ2) is 7.66. The van der Waals surface area contributed by atoms with Crippen LogP contribution in [-0.2, 0) is 26.5 Å². The van der Waals surface area contributed by atoms with Crippen molar-refractivity contribution >= 4 is 27.6 Å². The van der Waals surface area contributed by atoms with E-state index >= 15 is 0 Å². The summed E-state index contributed by atoms with van der Waals surface area (Å²) in [4.78, 5) is 20.2. The fourth-order valence-corrected chi connectivity index (χ4v) is 5.41. The third-order valence-corrected chi connectivity index (χ3v) is 7.71. The molecule has 2 unspecified atom stereocenters. The molecule has 2 aliphatic rings. The zero-order valence-corrected chi connectivity index (χ0v) is 17.7. The summed E-state index contributed by atoms with van der Waals surface area (Å²) < 4.78 is 84.8. The van der Waals surface area contributed by atoms with Crippen LogP contribution in [-0.4, -0.2) is 55.1 Å². The first-order valence-corrected chi connectivity index (χ1v) is 10.9. The molecule has 33 heavy (non-hydrogen) atoms. The van der Waals surface area contributed by atoms with E-state index in [4.69, 9.17) is 10.5 Å². The van der Waals surface area contributed by atoms with Gasteiger partial charge in [0.25, 0.3) is 5.91 Å². The number of benzene rings is 1. The molecule has 1 fully saturated rings. The standard InChI is InChI=1S/C19H17F4N5O4S/c1-28-17(24)27-18(9-32-8-15(18)33(28,30)31)12-6-11(3-4-13(12)20)26-16(29)14-5-2-10(7-25-14)19(21,22)23/h2-7,15H,8-9H2,1H3,(H2,24,27)(H,26,29). The number of rotatable bonds is 3. The number of fused-ring (bicyclic) bond motifs is 1. The zero-order valence-electron chi connectivity index (χ0n) is 16.9. The van der Waals surface area contributed by atoms with Crippen LogP contribution in [0.15, 0.2) is 41.5 Å². The molecule has 1 saturated heterocycles. The highest BCUT2D eigenvalue weighted by Crippen LogP contribution is 2.44. The predicted octanol–water partition coefficient (Wildman–Crippen LogP) is 1.68. The molecule has 9 nitrogen and oxygen atoms in total. The molecule has 0 spiro atoms. The molecule has 3 heterocycles. The monoisotopic (exact) mass is 487 g/mol. The fraction of sp³-hybridized carbons (Fsp3) is 0.316. The van der Waals surface area contributed by atoms with Crippen molar-refractivity contribution in [3.05, 3.63) is 59.2 Å². The molecule has 2 aliphatic heterocycles. The molecule has 0 saturated carbocycles. The van der Waals surface area contributed by atoms with Crippen LogP contribution in [0.3, 0.4) is 0 Å². The molecule has 1 aromatic heterocycles. The van der Waals surface area contributed by atoms with Crippen molar-refractivity contribution in [3.8, 4) is 0 Å². The van der Waals surface area contributed by atoms with Crippen LogP contribution in [0.25, 0.3) is 0 Å². The Morgan fingerprint density at radius 1 is 1.30 bits per heavy atom. The largest absolute Gasteiger partial charge is 0.417 e. The van der Waals surface area contributed by atoms with E-state index in [9.17, 15) is 30.8 Å². The smallest absolute Gasteiger partial charge is 0.377 e. The van der Waals surface area contributed by atoms with E-state index in [0.717, 1.165) is 16.4 Å². The second-order valence-corrected chi connectivity index (χ2v) is 9.64. The number of halogens is 4. The lowest BCUT2D eigenvalue weighted by molar-refractivity contribution is -0.137. The topological polar surface area (TPSA) is 127 Å². The normalized spacial score (nSPS) is 24.2. The number of amides is 1. The minimum atomic E-state index is -4.61. The number of guanidine groups is 1. The van der Waals surface area contributed by atoms with Gasteiger partial charge in [-0.05, 0) is 30.3 Å². The Morgan fingerprint density at radius 3 is 2.67 bits per heavy atom. The Balaban J connectivity index is 1.68. The summed E-state index contributed by atoms with van der Waals surface area (Å²) in [5.74, 6) is -2.00. The van der Waals surface area contributed by atoms with Crippen LogP contribution in [0.4, 0.5) is 23.2 Å². The van der Waals surface area contributed by atoms with Gasteiger partial charge in [-0.1, -0.05) is 0 Å². The lowest BCUT2D eigenvalue weighted by Gasteiger charge is -2.38. The van der Waals surface area contributed by atoms with Crippen molar-refractivity contribution in [2.24, 2.45) is 10.7 Å². The Labute approximate surface area is 185 Å². The van der Waals surface area contributed by atoms with Gasteiger partial charge >= 0.3 is 6.18 Å². The van der Waals surface area contributed by atoms with Crippen molar-refractivity contribution in [2.45, 2.75) is 17.0 Å². The van der Waals surface area contributed by atoms with Gasteiger partial charge in [0.1, 0.15) is 22.3 Å². The number of nitrogens with zero attached hydrogens (tertiary/aromatic N) is 3. The average Bonchev–Trinajstić information content (AvgIpc) is 3.19. The van der Waals surface area contributed by atoms with Crippen LogP contribution >= 0.6 is 0 Å². The minimum absolute atomic E-state index is 0.0446. The van der Waals surface area contributed by atoms with Gasteiger partial charge in [0.2, 0.25) is 16.0 Å². The molecule has 1 aromatic carbocycles. The van der Waals surface area contributed by atoms with Crippen molar-refractivity contribution in [2.75, 3.05) is 25.6 Å². The molecular formula is C19H17F4N5O4S. The molecule has 14 heteroatoms. The summed E-state index contributed by atoms with van der Waals surface area (Å²) in [7, 11) is -2.79. The van der Waals surface area contributed by atoms with Crippen LogP contribution in [0, 0.1) is 5.82 Å². The van der Waals surface area contributed by atoms with Gasteiger partial charge in [-0.3, -0.25) is 9.78 Å². The molecule has 0 aliphatic carbocycles. The van der Waals surface area contributed by atoms with Gasteiger partial charge in [-0.2, -0.15) is 13.2 Å². The number of aromatic nitrogens is 1. The van der Waals surface area contributed by atoms with Gasteiger partial charge in [0.15, 0.2) is 0 Å². The Kier molecular flexibility index (Phi) is 5.32. The first-order chi connectivity index (χ1) is 15.4. The average molecular weight is 487 g/mol. The molecule has 1 amide bonds. The van der Waals surface area contributed by atoms with E-state index in [2.05, 4.69) is 15.3 Å². The van der Waals surface area contributed by atoms with Gasteiger partial charge in [0, 0.05) is 24.5 Å². The van der Waals surface area contributed by atoms with E-state index in [1.165, 1.54) is 19.2 Å². The molecular weight excluding hydrogens is 470 g/mol. The minimum Gasteiger partial charge on any atom is -0.377 e. The van der Waals surface area contributed by atoms with Crippen LogP contribution in [0.1, 0.15) is 21.6 Å². The first kappa shape index (κ1) is 22.9. The number of pyridine rings is 1. The van der Waals surface area contributed by atoms with Crippen LogP contribution in [0.5, 0.6) is 0 Å². The molecule has 0 bridgehead atoms. The number of carbonyl (C=O) groups is 1. The van der Waals surface area contributed by atoms with Gasteiger partial charge < -0.3 is 15.8 Å². The van der Waals surface area contributed by atoms with Crippen molar-refractivity contribution in [1.82, 2.24) is 9.29 Å². The highest BCUT2D eigenvalue weighted by atomic mass is 32.2. The van der Waals surface area contributed by atoms with Crippen molar-refractivity contribution < 1.29 is 35.5 Å². The first-order valence-electron chi connectivity index (χ1n) is 9.42. The zero-order chi connectivity index (χ0) is 24.2. The number of hydrogen-bond acceptors (Lipinski definition) is 7. The molecule has 4 rings (SSSR count). The summed E-state index contributed by atoms with van der Waals surface area (Å²) in [5.41, 5.74) is 2.66. The van der Waals surface area contributed by atoms with E-state index in [-0.39, 0.29) is 36.1 Å². The fourth-order valence-electron chi connectivity index (χ4n) is 3.72. The number of alkyl halides is 3. The van der Waals surface area contributed by atoms with Gasteiger partial charge in [-0.25, -0.2) is 22.1 Å². The number of nitrogens with one attached hydrogen (secondary N) is 1. The van der Waals surface area contributed by atoms with E-state index in [0.29, 0.717) is 12.3 Å². The number of nitrogens with two attached hydrogens (primary N) is 1. The summed E-state index contributed by atoms with van der Waals surface area (Å²) in [6, 6.07) is 5.01. The van der Waals surface area contributed by atoms with Crippen LogP contribution in [0.2, 0.25) is 0 Å². The van der Waals surface area contributed by atoms with Gasteiger partial charge in [-0.15, -0.1) is 0 Å². The Hall–Kier alpha value is -3.26. The number of anilines is 1. The third-order valence-electron chi connectivity index (χ3n) is 5.52. The predicted molar refractivity (Wildman–Crippen MR) is 108 cm³/mol.